The zero-order valence-corrected chi connectivity index (χ0v) is 13.3. The molecule has 2 heterocycles. The van der Waals surface area contributed by atoms with Crippen molar-refractivity contribution in [3.05, 3.63) is 54.2 Å². The topological polar surface area (TPSA) is 49.3 Å². The molecule has 6 heteroatoms. The molecule has 1 saturated carbocycles. The molecule has 1 amide bonds. The van der Waals surface area contributed by atoms with E-state index in [1.807, 2.05) is 4.90 Å². The predicted octanol–water partition coefficient (Wildman–Crippen LogP) is 2.07. The number of nitrogens with zero attached hydrogens (tertiary/aromatic N) is 4. The Kier molecular flexibility index (Phi) is 3.88. The van der Waals surface area contributed by atoms with Crippen LogP contribution in [0.2, 0.25) is 0 Å². The van der Waals surface area contributed by atoms with E-state index in [0.717, 1.165) is 30.9 Å². The van der Waals surface area contributed by atoms with Gasteiger partial charge in [0.25, 0.3) is 0 Å². The Bertz CT molecular complexity index is 714. The summed E-state index contributed by atoms with van der Waals surface area (Å²) < 4.78 is 13.0. The predicted molar refractivity (Wildman–Crippen MR) is 88.1 cm³/mol. The molecular formula is C18H19FN4O. The Morgan fingerprint density at radius 3 is 2.50 bits per heavy atom. The van der Waals surface area contributed by atoms with Crippen LogP contribution in [0.1, 0.15) is 17.9 Å². The lowest BCUT2D eigenvalue weighted by Gasteiger charge is -2.35. The standard InChI is InChI=1S/C18H19FN4O/c19-14-3-1-13(2-4-14)15-11-16(15)18(24)23-9-7-22(8-10-23)17-12-20-5-6-21-17/h1-6,12,15-16H,7-11H2/t15-,16-/m0/s1. The van der Waals surface area contributed by atoms with Crippen LogP contribution >= 0.6 is 0 Å². The number of hydrogen-bond donors (Lipinski definition) is 0. The molecule has 1 aliphatic carbocycles. The van der Waals surface area contributed by atoms with Gasteiger partial charge in [-0.1, -0.05) is 12.1 Å². The summed E-state index contributed by atoms with van der Waals surface area (Å²) >= 11 is 0. The largest absolute Gasteiger partial charge is 0.352 e. The summed E-state index contributed by atoms with van der Waals surface area (Å²) in [5.41, 5.74) is 1.06. The second-order valence-electron chi connectivity index (χ2n) is 6.38. The minimum Gasteiger partial charge on any atom is -0.352 e. The summed E-state index contributed by atoms with van der Waals surface area (Å²) in [6.07, 6.45) is 5.97. The average molecular weight is 326 g/mol. The fraction of sp³-hybridized carbons (Fsp3) is 0.389. The fourth-order valence-electron chi connectivity index (χ4n) is 3.39. The van der Waals surface area contributed by atoms with Crippen LogP contribution in [0.4, 0.5) is 10.2 Å². The number of halogens is 1. The highest BCUT2D eigenvalue weighted by atomic mass is 19.1. The van der Waals surface area contributed by atoms with Gasteiger partial charge in [-0.05, 0) is 30.0 Å². The lowest BCUT2D eigenvalue weighted by Crippen LogP contribution is -2.49. The third-order valence-corrected chi connectivity index (χ3v) is 4.87. The molecule has 124 valence electrons. The van der Waals surface area contributed by atoms with Crippen molar-refractivity contribution < 1.29 is 9.18 Å². The van der Waals surface area contributed by atoms with Gasteiger partial charge in [0, 0.05) is 44.5 Å². The van der Waals surface area contributed by atoms with Crippen LogP contribution in [0.25, 0.3) is 0 Å². The van der Waals surface area contributed by atoms with Crippen molar-refractivity contribution in [2.45, 2.75) is 12.3 Å². The molecule has 0 unspecified atom stereocenters. The maximum absolute atomic E-state index is 13.0. The molecule has 0 radical (unpaired) electrons. The summed E-state index contributed by atoms with van der Waals surface area (Å²) in [6, 6.07) is 6.52. The number of rotatable bonds is 3. The molecule has 1 aromatic heterocycles. The van der Waals surface area contributed by atoms with Crippen molar-refractivity contribution in [1.29, 1.82) is 0 Å². The molecule has 24 heavy (non-hydrogen) atoms. The summed E-state index contributed by atoms with van der Waals surface area (Å²) in [5, 5.41) is 0. The number of aromatic nitrogens is 2. The Morgan fingerprint density at radius 2 is 1.83 bits per heavy atom. The van der Waals surface area contributed by atoms with E-state index >= 15 is 0 Å². The molecule has 1 aliphatic heterocycles. The van der Waals surface area contributed by atoms with Crippen LogP contribution in [-0.2, 0) is 4.79 Å². The van der Waals surface area contributed by atoms with Gasteiger partial charge in [-0.25, -0.2) is 9.37 Å². The third-order valence-electron chi connectivity index (χ3n) is 4.87. The van der Waals surface area contributed by atoms with Gasteiger partial charge in [0.1, 0.15) is 11.6 Å². The van der Waals surface area contributed by atoms with Crippen LogP contribution in [0.3, 0.4) is 0 Å². The summed E-state index contributed by atoms with van der Waals surface area (Å²) in [7, 11) is 0. The van der Waals surface area contributed by atoms with Crippen molar-refractivity contribution in [3.8, 4) is 0 Å². The lowest BCUT2D eigenvalue weighted by molar-refractivity contribution is -0.133. The molecule has 4 rings (SSSR count). The first kappa shape index (κ1) is 15.1. The van der Waals surface area contributed by atoms with E-state index in [1.54, 1.807) is 30.7 Å². The highest BCUT2D eigenvalue weighted by molar-refractivity contribution is 5.83. The van der Waals surface area contributed by atoms with Gasteiger partial charge in [0.05, 0.1) is 6.20 Å². The monoisotopic (exact) mass is 326 g/mol. The fourth-order valence-corrected chi connectivity index (χ4v) is 3.39. The summed E-state index contributed by atoms with van der Waals surface area (Å²) in [5.74, 6) is 1.15. The van der Waals surface area contributed by atoms with Gasteiger partial charge in [0.15, 0.2) is 0 Å². The van der Waals surface area contributed by atoms with Gasteiger partial charge in [-0.15, -0.1) is 0 Å². The van der Waals surface area contributed by atoms with Gasteiger partial charge < -0.3 is 9.80 Å². The van der Waals surface area contributed by atoms with E-state index in [0.29, 0.717) is 13.1 Å². The number of anilines is 1. The molecule has 2 fully saturated rings. The molecule has 0 spiro atoms. The Hall–Kier alpha value is -2.50. The minimum absolute atomic E-state index is 0.0542. The zero-order valence-electron chi connectivity index (χ0n) is 13.3. The van der Waals surface area contributed by atoms with E-state index in [2.05, 4.69) is 14.9 Å². The van der Waals surface area contributed by atoms with Crippen molar-refractivity contribution in [2.24, 2.45) is 5.92 Å². The smallest absolute Gasteiger partial charge is 0.226 e. The highest BCUT2D eigenvalue weighted by Crippen LogP contribution is 2.48. The lowest BCUT2D eigenvalue weighted by atomic mass is 10.1. The maximum Gasteiger partial charge on any atom is 0.226 e. The number of benzene rings is 1. The second kappa shape index (κ2) is 6.19. The zero-order chi connectivity index (χ0) is 16.5. The highest BCUT2D eigenvalue weighted by Gasteiger charge is 2.46. The number of amides is 1. The van der Waals surface area contributed by atoms with Gasteiger partial charge in [-0.3, -0.25) is 9.78 Å². The van der Waals surface area contributed by atoms with Crippen LogP contribution in [0, 0.1) is 11.7 Å². The third kappa shape index (κ3) is 2.96. The number of carbonyl (C=O) groups excluding carboxylic acids is 1. The van der Waals surface area contributed by atoms with Gasteiger partial charge in [-0.2, -0.15) is 0 Å². The van der Waals surface area contributed by atoms with Crippen LogP contribution < -0.4 is 4.90 Å². The quantitative estimate of drug-likeness (QED) is 0.866. The van der Waals surface area contributed by atoms with Crippen LogP contribution in [0.15, 0.2) is 42.9 Å². The second-order valence-corrected chi connectivity index (χ2v) is 6.38. The van der Waals surface area contributed by atoms with E-state index in [4.69, 9.17) is 0 Å². The van der Waals surface area contributed by atoms with E-state index < -0.39 is 0 Å². The molecule has 2 atom stereocenters. The van der Waals surface area contributed by atoms with Crippen molar-refractivity contribution in [3.63, 3.8) is 0 Å². The molecule has 0 N–H and O–H groups in total. The number of hydrogen-bond acceptors (Lipinski definition) is 4. The number of carbonyl (C=O) groups is 1. The summed E-state index contributed by atoms with van der Waals surface area (Å²) in [6.45, 7) is 2.97. The van der Waals surface area contributed by atoms with Crippen LogP contribution in [0.5, 0.6) is 0 Å². The molecule has 1 saturated heterocycles. The molecule has 2 aliphatic rings. The first-order valence-corrected chi connectivity index (χ1v) is 8.27. The van der Waals surface area contributed by atoms with Crippen molar-refractivity contribution in [1.82, 2.24) is 14.9 Å². The number of piperazine rings is 1. The van der Waals surface area contributed by atoms with E-state index in [1.165, 1.54) is 12.1 Å². The molecule has 0 bridgehead atoms. The Labute approximate surface area is 140 Å². The molecular weight excluding hydrogens is 307 g/mol. The minimum atomic E-state index is -0.234. The van der Waals surface area contributed by atoms with Crippen molar-refractivity contribution in [2.75, 3.05) is 31.1 Å². The van der Waals surface area contributed by atoms with Crippen LogP contribution in [-0.4, -0.2) is 47.0 Å². The molecule has 2 aromatic rings. The molecule has 5 nitrogen and oxygen atoms in total. The molecule has 1 aromatic carbocycles. The van der Waals surface area contributed by atoms with Gasteiger partial charge in [0.2, 0.25) is 5.91 Å². The van der Waals surface area contributed by atoms with Crippen molar-refractivity contribution >= 4 is 11.7 Å². The first-order valence-electron chi connectivity index (χ1n) is 8.27. The normalized spacial score (nSPS) is 23.2. The Morgan fingerprint density at radius 1 is 1.08 bits per heavy atom. The Balaban J connectivity index is 1.33. The summed E-state index contributed by atoms with van der Waals surface area (Å²) in [4.78, 5) is 25.2. The van der Waals surface area contributed by atoms with E-state index in [-0.39, 0.29) is 23.6 Å². The average Bonchev–Trinajstić information content (AvgIpc) is 3.43. The van der Waals surface area contributed by atoms with Gasteiger partial charge >= 0.3 is 0 Å². The maximum atomic E-state index is 13.0. The van der Waals surface area contributed by atoms with E-state index in [9.17, 15) is 9.18 Å². The SMILES string of the molecule is O=C([C@H]1C[C@H]1c1ccc(F)cc1)N1CCN(c2cnccn2)CC1. The first-order chi connectivity index (χ1) is 11.7.